The van der Waals surface area contributed by atoms with Gasteiger partial charge in [-0.1, -0.05) is 13.8 Å². The first-order valence-electron chi connectivity index (χ1n) is 2.69. The summed E-state index contributed by atoms with van der Waals surface area (Å²) in [5, 5.41) is 7.95. The Morgan fingerprint density at radius 2 is 2.22 bits per heavy atom. The zero-order chi connectivity index (χ0) is 7.28. The number of rotatable bonds is 2. The summed E-state index contributed by atoms with van der Waals surface area (Å²) in [5.74, 6) is 0.323. The number of hydrogen-bond donors (Lipinski definition) is 1. The minimum Gasteiger partial charge on any atom is -0.449 e. The van der Waals surface area contributed by atoms with E-state index in [9.17, 15) is 4.79 Å². The molecule has 0 aliphatic carbocycles. The molecule has 0 saturated heterocycles. The van der Waals surface area contributed by atoms with E-state index in [-0.39, 0.29) is 0 Å². The van der Waals surface area contributed by atoms with Crippen LogP contribution in [0.4, 0.5) is 4.79 Å². The van der Waals surface area contributed by atoms with E-state index in [1.165, 1.54) is 6.26 Å². The molecule has 3 nitrogen and oxygen atoms in total. The van der Waals surface area contributed by atoms with Crippen LogP contribution in [-0.4, -0.2) is 11.3 Å². The normalized spacial score (nSPS) is 10.6. The van der Waals surface area contributed by atoms with E-state index in [1.54, 1.807) is 6.08 Å². The molecule has 9 heavy (non-hydrogen) atoms. The number of ether oxygens (including phenoxy) is 1. The molecule has 0 aliphatic heterocycles. The molecule has 3 heteroatoms. The molecule has 0 radical (unpaired) electrons. The molecule has 0 heterocycles. The van der Waals surface area contributed by atoms with Gasteiger partial charge in [-0.2, -0.15) is 0 Å². The lowest BCUT2D eigenvalue weighted by Crippen LogP contribution is -1.92. The number of carbonyl (C=O) groups is 1. The molecule has 0 fully saturated rings. The lowest BCUT2D eigenvalue weighted by atomic mass is 10.2. The molecule has 0 saturated carbocycles. The monoisotopic (exact) mass is 130 g/mol. The highest BCUT2D eigenvalue weighted by Crippen LogP contribution is 1.93. The third kappa shape index (κ3) is 7.01. The van der Waals surface area contributed by atoms with Gasteiger partial charge in [-0.05, 0) is 12.0 Å². The Hall–Kier alpha value is -0.990. The molecule has 0 rings (SSSR count). The van der Waals surface area contributed by atoms with Gasteiger partial charge >= 0.3 is 6.16 Å². The van der Waals surface area contributed by atoms with E-state index in [0.29, 0.717) is 5.92 Å². The van der Waals surface area contributed by atoms with E-state index < -0.39 is 6.16 Å². The zero-order valence-corrected chi connectivity index (χ0v) is 5.50. The number of hydrogen-bond acceptors (Lipinski definition) is 2. The van der Waals surface area contributed by atoms with E-state index in [4.69, 9.17) is 5.11 Å². The van der Waals surface area contributed by atoms with Crippen molar-refractivity contribution in [3.05, 3.63) is 12.3 Å². The van der Waals surface area contributed by atoms with Crippen LogP contribution in [-0.2, 0) is 4.74 Å². The number of allylic oxidation sites excluding steroid dienone is 1. The van der Waals surface area contributed by atoms with Crippen LogP contribution in [0.1, 0.15) is 13.8 Å². The molecule has 0 amide bonds. The van der Waals surface area contributed by atoms with Gasteiger partial charge in [0.1, 0.15) is 0 Å². The van der Waals surface area contributed by atoms with Crippen LogP contribution in [0, 0.1) is 5.92 Å². The first-order valence-corrected chi connectivity index (χ1v) is 2.69. The van der Waals surface area contributed by atoms with E-state index in [1.807, 2.05) is 13.8 Å². The summed E-state index contributed by atoms with van der Waals surface area (Å²) in [5.41, 5.74) is 0. The van der Waals surface area contributed by atoms with Crippen LogP contribution in [0.15, 0.2) is 12.3 Å². The predicted molar refractivity (Wildman–Crippen MR) is 33.1 cm³/mol. The predicted octanol–water partition coefficient (Wildman–Crippen LogP) is 1.85. The fourth-order valence-electron chi connectivity index (χ4n) is 0.255. The van der Waals surface area contributed by atoms with Crippen LogP contribution >= 0.6 is 0 Å². The lowest BCUT2D eigenvalue weighted by Gasteiger charge is -1.91. The average Bonchev–Trinajstić information content (AvgIpc) is 1.63. The van der Waals surface area contributed by atoms with Gasteiger partial charge in [0.15, 0.2) is 0 Å². The van der Waals surface area contributed by atoms with E-state index in [0.717, 1.165) is 0 Å². The van der Waals surface area contributed by atoms with Gasteiger partial charge in [0, 0.05) is 0 Å². The van der Waals surface area contributed by atoms with Gasteiger partial charge in [-0.3, -0.25) is 0 Å². The van der Waals surface area contributed by atoms with Gasteiger partial charge < -0.3 is 9.84 Å². The van der Waals surface area contributed by atoms with Crippen LogP contribution in [0.5, 0.6) is 0 Å². The topological polar surface area (TPSA) is 46.5 Å². The van der Waals surface area contributed by atoms with Gasteiger partial charge in [-0.25, -0.2) is 4.79 Å². The molecule has 0 spiro atoms. The standard InChI is InChI=1S/C6H10O3/c1-5(2)3-4-9-6(7)8/h3-5H,1-2H3,(H,7,8)/b4-3+. The molecule has 1 N–H and O–H groups in total. The SMILES string of the molecule is CC(C)/C=C/OC(=O)O. The maximum atomic E-state index is 9.71. The molecular weight excluding hydrogens is 120 g/mol. The van der Waals surface area contributed by atoms with Crippen LogP contribution < -0.4 is 0 Å². The first kappa shape index (κ1) is 8.01. The summed E-state index contributed by atoms with van der Waals surface area (Å²) in [6.07, 6.45) is 1.56. The van der Waals surface area contributed by atoms with Crippen LogP contribution in [0.25, 0.3) is 0 Å². The Labute approximate surface area is 53.9 Å². The van der Waals surface area contributed by atoms with Crippen molar-refractivity contribution in [2.75, 3.05) is 0 Å². The summed E-state index contributed by atoms with van der Waals surface area (Å²) < 4.78 is 4.09. The van der Waals surface area contributed by atoms with Gasteiger partial charge in [0.05, 0.1) is 6.26 Å². The molecule has 0 aromatic carbocycles. The molecule has 0 aromatic heterocycles. The second-order valence-corrected chi connectivity index (χ2v) is 1.96. The van der Waals surface area contributed by atoms with Crippen molar-refractivity contribution in [3.8, 4) is 0 Å². The van der Waals surface area contributed by atoms with Crippen LogP contribution in [0.2, 0.25) is 0 Å². The fraction of sp³-hybridized carbons (Fsp3) is 0.500. The quantitative estimate of drug-likeness (QED) is 0.458. The smallest absolute Gasteiger partial charge is 0.449 e. The van der Waals surface area contributed by atoms with Crippen molar-refractivity contribution >= 4 is 6.16 Å². The zero-order valence-electron chi connectivity index (χ0n) is 5.50. The molecular formula is C6H10O3. The summed E-state index contributed by atoms with van der Waals surface area (Å²) in [6, 6.07) is 0. The minimum absolute atomic E-state index is 0.323. The number of carboxylic acid groups (broad SMARTS) is 1. The maximum Gasteiger partial charge on any atom is 0.510 e. The van der Waals surface area contributed by atoms with E-state index in [2.05, 4.69) is 4.74 Å². The highest BCUT2D eigenvalue weighted by Gasteiger charge is 1.89. The second-order valence-electron chi connectivity index (χ2n) is 1.96. The fourth-order valence-corrected chi connectivity index (χ4v) is 0.255. The Bertz CT molecular complexity index is 115. The first-order chi connectivity index (χ1) is 4.13. The van der Waals surface area contributed by atoms with Crippen molar-refractivity contribution in [1.29, 1.82) is 0 Å². The lowest BCUT2D eigenvalue weighted by molar-refractivity contribution is 0.127. The third-order valence-corrected chi connectivity index (χ3v) is 0.632. The van der Waals surface area contributed by atoms with Crippen molar-refractivity contribution in [1.82, 2.24) is 0 Å². The molecule has 0 aliphatic rings. The molecule has 0 atom stereocenters. The van der Waals surface area contributed by atoms with Gasteiger partial charge in [0.2, 0.25) is 0 Å². The Morgan fingerprint density at radius 1 is 1.67 bits per heavy atom. The van der Waals surface area contributed by atoms with E-state index >= 15 is 0 Å². The van der Waals surface area contributed by atoms with Crippen molar-refractivity contribution < 1.29 is 14.6 Å². The Kier molecular flexibility index (Phi) is 3.51. The summed E-state index contributed by atoms with van der Waals surface area (Å²) in [6.45, 7) is 3.86. The van der Waals surface area contributed by atoms with Gasteiger partial charge in [0.25, 0.3) is 0 Å². The molecule has 0 aromatic rings. The highest BCUT2D eigenvalue weighted by molar-refractivity contribution is 5.57. The summed E-state index contributed by atoms with van der Waals surface area (Å²) >= 11 is 0. The minimum atomic E-state index is -1.27. The van der Waals surface area contributed by atoms with Gasteiger partial charge in [-0.15, -0.1) is 0 Å². The maximum absolute atomic E-state index is 9.71. The third-order valence-electron chi connectivity index (χ3n) is 0.632. The summed E-state index contributed by atoms with van der Waals surface area (Å²) in [7, 11) is 0. The molecule has 0 bridgehead atoms. The summed E-state index contributed by atoms with van der Waals surface area (Å²) in [4.78, 5) is 9.71. The van der Waals surface area contributed by atoms with Crippen molar-refractivity contribution in [2.24, 2.45) is 5.92 Å². The molecule has 52 valence electrons. The van der Waals surface area contributed by atoms with Crippen molar-refractivity contribution in [3.63, 3.8) is 0 Å². The second kappa shape index (κ2) is 3.95. The Morgan fingerprint density at radius 3 is 2.56 bits per heavy atom. The average molecular weight is 130 g/mol. The largest absolute Gasteiger partial charge is 0.510 e. The highest BCUT2D eigenvalue weighted by atomic mass is 16.7. The molecule has 0 unspecified atom stereocenters. The Balaban J connectivity index is 3.36. The van der Waals surface area contributed by atoms with Crippen LogP contribution in [0.3, 0.4) is 0 Å². The van der Waals surface area contributed by atoms with Crippen molar-refractivity contribution in [2.45, 2.75) is 13.8 Å².